The number of nitrogens with one attached hydrogen (secondary N) is 2. The van der Waals surface area contributed by atoms with Crippen molar-refractivity contribution in [2.75, 3.05) is 0 Å². The van der Waals surface area contributed by atoms with Crippen LogP contribution in [0, 0.1) is 6.92 Å². The molecule has 0 spiro atoms. The molecular weight excluding hydrogens is 304 g/mol. The molecule has 4 heterocycles. The monoisotopic (exact) mass is 328 g/mol. The lowest BCUT2D eigenvalue weighted by Crippen LogP contribution is -2.48. The average molecular weight is 328 g/mol. The van der Waals surface area contributed by atoms with E-state index < -0.39 is 0 Å². The molecule has 2 aliphatic heterocycles. The molecular formula is C18H24N4O2. The molecule has 4 rings (SSSR count). The summed E-state index contributed by atoms with van der Waals surface area (Å²) < 4.78 is 5.31. The summed E-state index contributed by atoms with van der Waals surface area (Å²) in [6.45, 7) is 5.97. The van der Waals surface area contributed by atoms with E-state index in [0.29, 0.717) is 29.1 Å². The van der Waals surface area contributed by atoms with Gasteiger partial charge in [0.1, 0.15) is 0 Å². The summed E-state index contributed by atoms with van der Waals surface area (Å²) in [6.07, 6.45) is 4.46. The Labute approximate surface area is 141 Å². The number of hydrogen-bond donors (Lipinski definition) is 2. The van der Waals surface area contributed by atoms with Crippen molar-refractivity contribution in [1.29, 1.82) is 0 Å². The summed E-state index contributed by atoms with van der Waals surface area (Å²) in [5.41, 5.74) is 2.65. The summed E-state index contributed by atoms with van der Waals surface area (Å²) in [5, 5.41) is 11.6. The number of rotatable bonds is 3. The van der Waals surface area contributed by atoms with E-state index in [1.54, 1.807) is 0 Å². The molecule has 2 aromatic rings. The first-order chi connectivity index (χ1) is 11.5. The molecule has 2 aliphatic rings. The van der Waals surface area contributed by atoms with Gasteiger partial charge in [-0.25, -0.2) is 4.98 Å². The largest absolute Gasteiger partial charge is 0.349 e. The number of aryl methyl sites for hydroxylation is 1. The zero-order valence-electron chi connectivity index (χ0n) is 14.4. The molecule has 6 nitrogen and oxygen atoms in total. The number of nitrogens with zero attached hydrogens (tertiary/aromatic N) is 2. The smallest absolute Gasteiger partial charge is 0.259 e. The first kappa shape index (κ1) is 15.6. The number of piperidine rings is 1. The van der Waals surface area contributed by atoms with Crippen LogP contribution in [0.4, 0.5) is 0 Å². The Morgan fingerprint density at radius 2 is 2.04 bits per heavy atom. The molecule has 0 saturated carbocycles. The van der Waals surface area contributed by atoms with Crippen LogP contribution >= 0.6 is 0 Å². The second kappa shape index (κ2) is 5.84. The topological polar surface area (TPSA) is 80.0 Å². The molecule has 2 saturated heterocycles. The fourth-order valence-electron chi connectivity index (χ4n) is 4.03. The van der Waals surface area contributed by atoms with Crippen molar-refractivity contribution in [3.05, 3.63) is 23.0 Å². The van der Waals surface area contributed by atoms with Crippen LogP contribution in [-0.4, -0.2) is 34.2 Å². The fraction of sp³-hybridized carbons (Fsp3) is 0.611. The second-order valence-corrected chi connectivity index (χ2v) is 7.48. The SMILES string of the molecule is Cc1noc2nc(C(C)C)cc(C(=O)NC3CC4CCC(C3)N4)c12. The minimum atomic E-state index is -0.0399. The highest BCUT2D eigenvalue weighted by atomic mass is 16.5. The van der Waals surface area contributed by atoms with Crippen molar-refractivity contribution in [3.8, 4) is 0 Å². The Hall–Kier alpha value is -1.95. The molecule has 2 fully saturated rings. The predicted molar refractivity (Wildman–Crippen MR) is 91.1 cm³/mol. The van der Waals surface area contributed by atoms with Crippen molar-refractivity contribution < 1.29 is 9.32 Å². The van der Waals surface area contributed by atoms with Crippen LogP contribution in [0.15, 0.2) is 10.6 Å². The molecule has 6 heteroatoms. The van der Waals surface area contributed by atoms with E-state index in [-0.39, 0.29) is 17.9 Å². The lowest BCUT2D eigenvalue weighted by atomic mass is 9.98. The molecule has 2 unspecified atom stereocenters. The lowest BCUT2D eigenvalue weighted by molar-refractivity contribution is 0.0925. The maximum absolute atomic E-state index is 13.0. The lowest BCUT2D eigenvalue weighted by Gasteiger charge is -2.29. The molecule has 0 aliphatic carbocycles. The van der Waals surface area contributed by atoms with Gasteiger partial charge >= 0.3 is 0 Å². The molecule has 24 heavy (non-hydrogen) atoms. The first-order valence-electron chi connectivity index (χ1n) is 8.85. The van der Waals surface area contributed by atoms with Crippen LogP contribution in [-0.2, 0) is 0 Å². The molecule has 2 bridgehead atoms. The van der Waals surface area contributed by atoms with Crippen molar-refractivity contribution in [2.24, 2.45) is 0 Å². The Kier molecular flexibility index (Phi) is 3.79. The minimum absolute atomic E-state index is 0.0399. The van der Waals surface area contributed by atoms with E-state index in [9.17, 15) is 4.79 Å². The van der Waals surface area contributed by atoms with Gasteiger partial charge < -0.3 is 15.2 Å². The summed E-state index contributed by atoms with van der Waals surface area (Å²) in [4.78, 5) is 17.5. The number of amides is 1. The van der Waals surface area contributed by atoms with Gasteiger partial charge in [-0.3, -0.25) is 4.79 Å². The number of pyridine rings is 1. The Balaban J connectivity index is 1.64. The third kappa shape index (κ3) is 2.69. The van der Waals surface area contributed by atoms with Crippen LogP contribution in [0.5, 0.6) is 0 Å². The Morgan fingerprint density at radius 3 is 2.71 bits per heavy atom. The molecule has 128 valence electrons. The van der Waals surface area contributed by atoms with Gasteiger partial charge in [0.15, 0.2) is 0 Å². The van der Waals surface area contributed by atoms with Crippen molar-refractivity contribution in [3.63, 3.8) is 0 Å². The molecule has 0 aromatic carbocycles. The van der Waals surface area contributed by atoms with E-state index in [1.165, 1.54) is 12.8 Å². The van der Waals surface area contributed by atoms with Crippen molar-refractivity contribution in [2.45, 2.75) is 70.5 Å². The van der Waals surface area contributed by atoms with Crippen molar-refractivity contribution in [1.82, 2.24) is 20.8 Å². The number of carbonyl (C=O) groups is 1. The van der Waals surface area contributed by atoms with E-state index in [0.717, 1.165) is 23.9 Å². The van der Waals surface area contributed by atoms with E-state index in [1.807, 2.05) is 13.0 Å². The minimum Gasteiger partial charge on any atom is -0.349 e. The van der Waals surface area contributed by atoms with Crippen molar-refractivity contribution >= 4 is 17.0 Å². The summed E-state index contributed by atoms with van der Waals surface area (Å²) >= 11 is 0. The standard InChI is InChI=1S/C18H24N4O2/c1-9(2)15-8-14(16-10(3)22-24-18(16)21-15)17(23)20-13-6-11-4-5-12(7-13)19-11/h8-9,11-13,19H,4-7H2,1-3H3,(H,20,23). The molecule has 0 radical (unpaired) electrons. The molecule has 1 amide bonds. The number of hydrogen-bond acceptors (Lipinski definition) is 5. The normalized spacial score (nSPS) is 26.2. The van der Waals surface area contributed by atoms with Crippen LogP contribution in [0.25, 0.3) is 11.1 Å². The van der Waals surface area contributed by atoms with Crippen LogP contribution < -0.4 is 10.6 Å². The fourth-order valence-corrected chi connectivity index (χ4v) is 4.03. The van der Waals surface area contributed by atoms with Gasteiger partial charge in [-0.1, -0.05) is 19.0 Å². The zero-order chi connectivity index (χ0) is 16.8. The van der Waals surface area contributed by atoms with Gasteiger partial charge in [0.2, 0.25) is 0 Å². The first-order valence-corrected chi connectivity index (χ1v) is 8.85. The predicted octanol–water partition coefficient (Wildman–Crippen LogP) is 2.67. The van der Waals surface area contributed by atoms with E-state index in [4.69, 9.17) is 4.52 Å². The highest BCUT2D eigenvalue weighted by Crippen LogP contribution is 2.28. The van der Waals surface area contributed by atoms with Gasteiger partial charge in [0.25, 0.3) is 11.6 Å². The number of aromatic nitrogens is 2. The summed E-state index contributed by atoms with van der Waals surface area (Å²) in [7, 11) is 0. The third-order valence-electron chi connectivity index (χ3n) is 5.28. The highest BCUT2D eigenvalue weighted by molar-refractivity contribution is 6.06. The summed E-state index contributed by atoms with van der Waals surface area (Å²) in [6, 6.07) is 3.23. The Bertz CT molecular complexity index is 771. The number of carbonyl (C=O) groups excluding carboxylic acids is 1. The second-order valence-electron chi connectivity index (χ2n) is 7.48. The van der Waals surface area contributed by atoms with Gasteiger partial charge in [-0.2, -0.15) is 0 Å². The highest BCUT2D eigenvalue weighted by Gasteiger charge is 2.34. The van der Waals surface area contributed by atoms with Gasteiger partial charge in [0, 0.05) is 23.8 Å². The van der Waals surface area contributed by atoms with E-state index >= 15 is 0 Å². The average Bonchev–Trinajstić information content (AvgIpc) is 3.09. The molecule has 2 aromatic heterocycles. The van der Waals surface area contributed by atoms with Gasteiger partial charge in [0.05, 0.1) is 16.6 Å². The number of fused-ring (bicyclic) bond motifs is 3. The molecule has 2 N–H and O–H groups in total. The van der Waals surface area contributed by atoms with E-state index in [2.05, 4.69) is 34.6 Å². The van der Waals surface area contributed by atoms with Crippen LogP contribution in [0.3, 0.4) is 0 Å². The van der Waals surface area contributed by atoms with Crippen LogP contribution in [0.1, 0.15) is 67.2 Å². The zero-order valence-corrected chi connectivity index (χ0v) is 14.4. The quantitative estimate of drug-likeness (QED) is 0.905. The summed E-state index contributed by atoms with van der Waals surface area (Å²) in [5.74, 6) is 0.183. The maximum atomic E-state index is 13.0. The Morgan fingerprint density at radius 1 is 1.33 bits per heavy atom. The van der Waals surface area contributed by atoms with Gasteiger partial charge in [-0.05, 0) is 44.6 Å². The third-order valence-corrected chi connectivity index (χ3v) is 5.28. The van der Waals surface area contributed by atoms with Gasteiger partial charge in [-0.15, -0.1) is 0 Å². The molecule has 2 atom stereocenters. The maximum Gasteiger partial charge on any atom is 0.259 e. The van der Waals surface area contributed by atoms with Crippen LogP contribution in [0.2, 0.25) is 0 Å².